The zero-order chi connectivity index (χ0) is 13.7. The van der Waals surface area contributed by atoms with E-state index in [9.17, 15) is 4.79 Å². The monoisotopic (exact) mass is 262 g/mol. The van der Waals surface area contributed by atoms with Crippen molar-refractivity contribution in [3.63, 3.8) is 0 Å². The zero-order valence-corrected chi connectivity index (χ0v) is 11.7. The van der Waals surface area contributed by atoms with Gasteiger partial charge in [0.05, 0.1) is 0 Å². The maximum atomic E-state index is 12.0. The molecule has 0 aliphatic carbocycles. The molecule has 0 saturated carbocycles. The zero-order valence-electron chi connectivity index (χ0n) is 11.7. The Balaban J connectivity index is 1.83. The van der Waals surface area contributed by atoms with Crippen LogP contribution in [0.3, 0.4) is 0 Å². The van der Waals surface area contributed by atoms with Crippen LogP contribution in [0, 0.1) is 0 Å². The van der Waals surface area contributed by atoms with Crippen LogP contribution >= 0.6 is 0 Å². The second-order valence-electron chi connectivity index (χ2n) is 5.15. The first-order valence-corrected chi connectivity index (χ1v) is 6.82. The summed E-state index contributed by atoms with van der Waals surface area (Å²) in [5.41, 5.74) is 1.02. The van der Waals surface area contributed by atoms with Gasteiger partial charge >= 0.3 is 6.09 Å². The molecule has 0 bridgehead atoms. The molecule has 2 rings (SSSR count). The van der Waals surface area contributed by atoms with Gasteiger partial charge in [-0.2, -0.15) is 0 Å². The van der Waals surface area contributed by atoms with E-state index in [0.717, 1.165) is 31.6 Å². The number of rotatable bonds is 2. The van der Waals surface area contributed by atoms with E-state index in [1.807, 2.05) is 35.2 Å². The normalized spacial score (nSPS) is 20.9. The van der Waals surface area contributed by atoms with Crippen molar-refractivity contribution in [2.75, 3.05) is 26.7 Å². The Kier molecular flexibility index (Phi) is 4.80. The van der Waals surface area contributed by atoms with Crippen molar-refractivity contribution >= 4 is 6.09 Å². The molecule has 1 amide bonds. The Labute approximate surface area is 115 Å². The van der Waals surface area contributed by atoms with Gasteiger partial charge in [0.2, 0.25) is 0 Å². The van der Waals surface area contributed by atoms with Crippen molar-refractivity contribution in [3.8, 4) is 0 Å². The molecule has 19 heavy (non-hydrogen) atoms. The standard InChI is InChI=1S/C15H22N2O2/c1-13-8-9-17(11-10-16(13)2)15(18)19-12-14-6-4-3-5-7-14/h3-7,13H,8-12H2,1-2H3/t13-/m1/s1. The molecule has 1 aromatic rings. The predicted octanol–water partition coefficient (Wildman–Crippen LogP) is 2.35. The van der Waals surface area contributed by atoms with Gasteiger partial charge in [-0.3, -0.25) is 0 Å². The summed E-state index contributed by atoms with van der Waals surface area (Å²) in [6, 6.07) is 10.3. The second kappa shape index (κ2) is 6.57. The summed E-state index contributed by atoms with van der Waals surface area (Å²) in [7, 11) is 2.10. The summed E-state index contributed by atoms with van der Waals surface area (Å²) >= 11 is 0. The number of nitrogens with zero attached hydrogens (tertiary/aromatic N) is 2. The first kappa shape index (κ1) is 13.9. The lowest BCUT2D eigenvalue weighted by Crippen LogP contribution is -2.35. The first-order chi connectivity index (χ1) is 9.16. The Morgan fingerprint density at radius 3 is 2.74 bits per heavy atom. The molecular weight excluding hydrogens is 240 g/mol. The molecule has 4 nitrogen and oxygen atoms in total. The van der Waals surface area contributed by atoms with Crippen LogP contribution in [0.5, 0.6) is 0 Å². The highest BCUT2D eigenvalue weighted by atomic mass is 16.6. The number of benzene rings is 1. The van der Waals surface area contributed by atoms with E-state index in [2.05, 4.69) is 18.9 Å². The molecule has 1 aromatic carbocycles. The van der Waals surface area contributed by atoms with Crippen molar-refractivity contribution in [3.05, 3.63) is 35.9 Å². The minimum Gasteiger partial charge on any atom is -0.445 e. The van der Waals surface area contributed by atoms with Crippen LogP contribution in [-0.2, 0) is 11.3 Å². The number of carbonyl (C=O) groups is 1. The summed E-state index contributed by atoms with van der Waals surface area (Å²) in [5, 5.41) is 0. The van der Waals surface area contributed by atoms with E-state index in [1.54, 1.807) is 0 Å². The highest BCUT2D eigenvalue weighted by Crippen LogP contribution is 2.10. The van der Waals surface area contributed by atoms with Gasteiger partial charge in [0.15, 0.2) is 0 Å². The van der Waals surface area contributed by atoms with Crippen LogP contribution in [0.15, 0.2) is 30.3 Å². The molecule has 1 heterocycles. The van der Waals surface area contributed by atoms with Crippen LogP contribution in [0.25, 0.3) is 0 Å². The van der Waals surface area contributed by atoms with E-state index < -0.39 is 0 Å². The van der Waals surface area contributed by atoms with Crippen LogP contribution in [0.4, 0.5) is 4.79 Å². The van der Waals surface area contributed by atoms with Crippen LogP contribution in [-0.4, -0.2) is 48.6 Å². The van der Waals surface area contributed by atoms with Gasteiger partial charge in [-0.1, -0.05) is 30.3 Å². The predicted molar refractivity (Wildman–Crippen MR) is 74.9 cm³/mol. The molecule has 1 atom stereocenters. The fourth-order valence-electron chi connectivity index (χ4n) is 2.17. The number of carbonyl (C=O) groups excluding carboxylic acids is 1. The van der Waals surface area contributed by atoms with Gasteiger partial charge in [-0.05, 0) is 26.0 Å². The molecular formula is C15H22N2O2. The maximum absolute atomic E-state index is 12.0. The average molecular weight is 262 g/mol. The van der Waals surface area contributed by atoms with Crippen LogP contribution < -0.4 is 0 Å². The van der Waals surface area contributed by atoms with Gasteiger partial charge in [0.1, 0.15) is 6.61 Å². The van der Waals surface area contributed by atoms with Gasteiger partial charge in [0, 0.05) is 25.7 Å². The minimum absolute atomic E-state index is 0.202. The third kappa shape index (κ3) is 3.96. The SMILES string of the molecule is C[C@@H]1CCN(C(=O)OCc2ccccc2)CCN1C. The molecule has 1 saturated heterocycles. The summed E-state index contributed by atoms with van der Waals surface area (Å²) < 4.78 is 5.36. The molecule has 1 fully saturated rings. The van der Waals surface area contributed by atoms with Crippen LogP contribution in [0.1, 0.15) is 18.9 Å². The third-order valence-electron chi connectivity index (χ3n) is 3.76. The first-order valence-electron chi connectivity index (χ1n) is 6.82. The van der Waals surface area contributed by atoms with Crippen molar-refractivity contribution in [2.24, 2.45) is 0 Å². The fourth-order valence-corrected chi connectivity index (χ4v) is 2.17. The van der Waals surface area contributed by atoms with E-state index in [0.29, 0.717) is 12.6 Å². The molecule has 0 aromatic heterocycles. The van der Waals surface area contributed by atoms with Gasteiger partial charge in [0.25, 0.3) is 0 Å². The Morgan fingerprint density at radius 1 is 1.26 bits per heavy atom. The molecule has 104 valence electrons. The summed E-state index contributed by atoms with van der Waals surface area (Å²) in [4.78, 5) is 16.1. The van der Waals surface area contributed by atoms with E-state index in [4.69, 9.17) is 4.74 Å². The number of likely N-dealkylation sites (N-methyl/N-ethyl adjacent to an activating group) is 1. The van der Waals surface area contributed by atoms with Gasteiger partial charge in [-0.25, -0.2) is 4.79 Å². The molecule has 0 spiro atoms. The van der Waals surface area contributed by atoms with Crippen molar-refractivity contribution < 1.29 is 9.53 Å². The smallest absolute Gasteiger partial charge is 0.410 e. The lowest BCUT2D eigenvalue weighted by molar-refractivity contribution is 0.0976. The highest BCUT2D eigenvalue weighted by molar-refractivity contribution is 5.67. The van der Waals surface area contributed by atoms with Crippen molar-refractivity contribution in [1.29, 1.82) is 0 Å². The second-order valence-corrected chi connectivity index (χ2v) is 5.15. The quantitative estimate of drug-likeness (QED) is 0.820. The summed E-state index contributed by atoms with van der Waals surface area (Å²) in [6.45, 7) is 4.97. The summed E-state index contributed by atoms with van der Waals surface area (Å²) in [5.74, 6) is 0. The molecule has 4 heteroatoms. The minimum atomic E-state index is -0.202. The Morgan fingerprint density at radius 2 is 2.00 bits per heavy atom. The molecule has 1 aliphatic rings. The Hall–Kier alpha value is -1.55. The number of hydrogen-bond acceptors (Lipinski definition) is 3. The molecule has 0 unspecified atom stereocenters. The van der Waals surface area contributed by atoms with Crippen molar-refractivity contribution in [2.45, 2.75) is 26.0 Å². The van der Waals surface area contributed by atoms with E-state index in [-0.39, 0.29) is 6.09 Å². The fraction of sp³-hybridized carbons (Fsp3) is 0.533. The molecule has 0 radical (unpaired) electrons. The van der Waals surface area contributed by atoms with E-state index >= 15 is 0 Å². The van der Waals surface area contributed by atoms with Crippen molar-refractivity contribution in [1.82, 2.24) is 9.80 Å². The highest BCUT2D eigenvalue weighted by Gasteiger charge is 2.22. The topological polar surface area (TPSA) is 32.8 Å². The van der Waals surface area contributed by atoms with Gasteiger partial charge < -0.3 is 14.5 Å². The molecule has 1 aliphatic heterocycles. The maximum Gasteiger partial charge on any atom is 0.410 e. The number of hydrogen-bond donors (Lipinski definition) is 0. The lowest BCUT2D eigenvalue weighted by Gasteiger charge is -2.20. The number of ether oxygens (including phenoxy) is 1. The Bertz CT molecular complexity index is 396. The average Bonchev–Trinajstić information content (AvgIpc) is 2.60. The van der Waals surface area contributed by atoms with Gasteiger partial charge in [-0.15, -0.1) is 0 Å². The van der Waals surface area contributed by atoms with E-state index in [1.165, 1.54) is 0 Å². The summed E-state index contributed by atoms with van der Waals surface area (Å²) in [6.07, 6.45) is 0.795. The third-order valence-corrected chi connectivity index (χ3v) is 3.76. The number of amides is 1. The lowest BCUT2D eigenvalue weighted by atomic mass is 10.2. The van der Waals surface area contributed by atoms with Crippen LogP contribution in [0.2, 0.25) is 0 Å². The largest absolute Gasteiger partial charge is 0.445 e. The molecule has 0 N–H and O–H groups in total.